The summed E-state index contributed by atoms with van der Waals surface area (Å²) in [5.41, 5.74) is 1.13. The highest BCUT2D eigenvalue weighted by Gasteiger charge is 2.35. The van der Waals surface area contributed by atoms with E-state index in [0.29, 0.717) is 18.1 Å². The lowest BCUT2D eigenvalue weighted by atomic mass is 10.1. The van der Waals surface area contributed by atoms with E-state index in [0.717, 1.165) is 5.56 Å². The first-order valence-corrected chi connectivity index (χ1v) is 5.98. The Morgan fingerprint density at radius 2 is 2.32 bits per heavy atom. The van der Waals surface area contributed by atoms with Crippen molar-refractivity contribution in [2.75, 3.05) is 11.4 Å². The predicted octanol–water partition coefficient (Wildman–Crippen LogP) is 2.04. The summed E-state index contributed by atoms with van der Waals surface area (Å²) in [5, 5.41) is 3.74. The number of carbonyl (C=O) groups excluding carboxylic acids is 1. The molecule has 1 aliphatic rings. The molecule has 0 saturated carbocycles. The number of halogens is 1. The molecule has 1 aliphatic heterocycles. The van der Waals surface area contributed by atoms with Crippen LogP contribution in [0.1, 0.15) is 23.7 Å². The molecular weight excluding hydrogens is 249 g/mol. The van der Waals surface area contributed by atoms with Gasteiger partial charge in [0.1, 0.15) is 5.82 Å². The van der Waals surface area contributed by atoms with Crippen LogP contribution in [0.5, 0.6) is 0 Å². The monoisotopic (exact) mass is 261 g/mol. The van der Waals surface area contributed by atoms with Crippen molar-refractivity contribution in [2.45, 2.75) is 19.3 Å². The quantitative estimate of drug-likeness (QED) is 0.830. The summed E-state index contributed by atoms with van der Waals surface area (Å²) in [5.74, 6) is -0.171. The van der Waals surface area contributed by atoms with Gasteiger partial charge in [-0.3, -0.25) is 4.79 Å². The van der Waals surface area contributed by atoms with Crippen molar-refractivity contribution in [3.8, 4) is 0 Å². The van der Waals surface area contributed by atoms with Crippen molar-refractivity contribution >= 4 is 11.6 Å². The molecule has 3 rings (SSSR count). The molecule has 5 nitrogen and oxygen atoms in total. The summed E-state index contributed by atoms with van der Waals surface area (Å²) in [7, 11) is 0. The Hall–Kier alpha value is -2.24. The topological polar surface area (TPSA) is 59.2 Å². The Morgan fingerprint density at radius 1 is 1.47 bits per heavy atom. The number of hydrogen-bond donors (Lipinski definition) is 0. The molecule has 1 amide bonds. The van der Waals surface area contributed by atoms with Crippen LogP contribution in [0.15, 0.2) is 29.1 Å². The second kappa shape index (κ2) is 4.46. The zero-order chi connectivity index (χ0) is 13.4. The number of carbonyl (C=O) groups is 1. The smallest absolute Gasteiger partial charge is 0.227 e. The van der Waals surface area contributed by atoms with Gasteiger partial charge in [-0.05, 0) is 24.6 Å². The maximum absolute atomic E-state index is 13.9. The minimum absolute atomic E-state index is 0.127. The molecule has 1 unspecified atom stereocenters. The van der Waals surface area contributed by atoms with Gasteiger partial charge in [-0.25, -0.2) is 4.39 Å². The Bertz CT molecular complexity index is 612. The van der Waals surface area contributed by atoms with E-state index in [1.54, 1.807) is 19.1 Å². The summed E-state index contributed by atoms with van der Waals surface area (Å²) in [4.78, 5) is 17.4. The second-order valence-corrected chi connectivity index (χ2v) is 4.65. The highest BCUT2D eigenvalue weighted by atomic mass is 19.1. The van der Waals surface area contributed by atoms with Gasteiger partial charge < -0.3 is 9.42 Å². The Kier molecular flexibility index (Phi) is 2.77. The molecule has 1 saturated heterocycles. The SMILES string of the molecule is Cc1ccc(N2CC(c3ncon3)CC2=O)c(F)c1. The first-order chi connectivity index (χ1) is 9.15. The zero-order valence-electron chi connectivity index (χ0n) is 10.3. The van der Waals surface area contributed by atoms with Gasteiger partial charge in [0.05, 0.1) is 5.69 Å². The zero-order valence-corrected chi connectivity index (χ0v) is 10.3. The highest BCUT2D eigenvalue weighted by Crippen LogP contribution is 2.31. The first kappa shape index (κ1) is 11.8. The van der Waals surface area contributed by atoms with Crippen LogP contribution in [-0.4, -0.2) is 22.6 Å². The van der Waals surface area contributed by atoms with Crippen LogP contribution in [0.4, 0.5) is 10.1 Å². The van der Waals surface area contributed by atoms with Crippen molar-refractivity contribution in [1.29, 1.82) is 0 Å². The summed E-state index contributed by atoms with van der Waals surface area (Å²) in [6, 6.07) is 4.83. The lowest BCUT2D eigenvalue weighted by Gasteiger charge is -2.17. The van der Waals surface area contributed by atoms with Crippen LogP contribution >= 0.6 is 0 Å². The molecule has 0 N–H and O–H groups in total. The lowest BCUT2D eigenvalue weighted by molar-refractivity contribution is -0.117. The minimum Gasteiger partial charge on any atom is -0.343 e. The first-order valence-electron chi connectivity index (χ1n) is 5.98. The molecule has 0 aliphatic carbocycles. The van der Waals surface area contributed by atoms with Crippen LogP contribution in [0.2, 0.25) is 0 Å². The van der Waals surface area contributed by atoms with Crippen molar-refractivity contribution in [2.24, 2.45) is 0 Å². The van der Waals surface area contributed by atoms with Crippen molar-refractivity contribution in [3.05, 3.63) is 41.8 Å². The van der Waals surface area contributed by atoms with Crippen LogP contribution in [-0.2, 0) is 4.79 Å². The molecule has 0 bridgehead atoms. The van der Waals surface area contributed by atoms with Gasteiger partial charge in [0.15, 0.2) is 5.82 Å². The van der Waals surface area contributed by atoms with Gasteiger partial charge in [-0.2, -0.15) is 4.98 Å². The number of amides is 1. The van der Waals surface area contributed by atoms with Crippen LogP contribution in [0.25, 0.3) is 0 Å². The molecule has 98 valence electrons. The maximum atomic E-state index is 13.9. The summed E-state index contributed by atoms with van der Waals surface area (Å²) in [6.07, 6.45) is 1.50. The average molecular weight is 261 g/mol. The van der Waals surface area contributed by atoms with E-state index in [1.807, 2.05) is 0 Å². The molecular formula is C13H12FN3O2. The fourth-order valence-corrected chi connectivity index (χ4v) is 2.30. The van der Waals surface area contributed by atoms with E-state index < -0.39 is 0 Å². The van der Waals surface area contributed by atoms with E-state index in [2.05, 4.69) is 14.7 Å². The van der Waals surface area contributed by atoms with E-state index in [-0.39, 0.29) is 24.1 Å². The van der Waals surface area contributed by atoms with E-state index >= 15 is 0 Å². The third-order valence-corrected chi connectivity index (χ3v) is 3.26. The second-order valence-electron chi connectivity index (χ2n) is 4.65. The molecule has 0 radical (unpaired) electrons. The Morgan fingerprint density at radius 3 is 3.00 bits per heavy atom. The molecule has 1 aromatic carbocycles. The van der Waals surface area contributed by atoms with Crippen molar-refractivity contribution in [1.82, 2.24) is 10.1 Å². The summed E-state index contributed by atoms with van der Waals surface area (Å²) >= 11 is 0. The molecule has 0 spiro atoms. The van der Waals surface area contributed by atoms with Gasteiger partial charge in [-0.15, -0.1) is 0 Å². The molecule has 1 fully saturated rings. The maximum Gasteiger partial charge on any atom is 0.227 e. The fraction of sp³-hybridized carbons (Fsp3) is 0.308. The summed E-state index contributed by atoms with van der Waals surface area (Å²) in [6.45, 7) is 2.18. The van der Waals surface area contributed by atoms with Gasteiger partial charge in [-0.1, -0.05) is 11.2 Å². The average Bonchev–Trinajstić information content (AvgIpc) is 2.98. The van der Waals surface area contributed by atoms with E-state index in [9.17, 15) is 9.18 Å². The molecule has 6 heteroatoms. The lowest BCUT2D eigenvalue weighted by Crippen LogP contribution is -2.25. The molecule has 1 atom stereocenters. The normalized spacial score (nSPS) is 19.2. The van der Waals surface area contributed by atoms with Gasteiger partial charge in [0, 0.05) is 18.9 Å². The number of aromatic nitrogens is 2. The standard InChI is InChI=1S/C13H12FN3O2/c1-8-2-3-11(10(14)4-8)17-6-9(5-12(17)18)13-15-7-19-16-13/h2-4,7,9H,5-6H2,1H3. The number of aryl methyl sites for hydroxylation is 1. The Labute approximate surface area is 109 Å². The summed E-state index contributed by atoms with van der Waals surface area (Å²) < 4.78 is 18.6. The van der Waals surface area contributed by atoms with Crippen LogP contribution in [0, 0.1) is 12.7 Å². The third kappa shape index (κ3) is 2.09. The largest absolute Gasteiger partial charge is 0.343 e. The Balaban J connectivity index is 1.88. The third-order valence-electron chi connectivity index (χ3n) is 3.26. The number of hydrogen-bond acceptors (Lipinski definition) is 4. The van der Waals surface area contributed by atoms with Gasteiger partial charge in [0.2, 0.25) is 12.3 Å². The van der Waals surface area contributed by atoms with E-state index in [1.165, 1.54) is 17.4 Å². The highest BCUT2D eigenvalue weighted by molar-refractivity contribution is 5.96. The van der Waals surface area contributed by atoms with Crippen LogP contribution in [0.3, 0.4) is 0 Å². The molecule has 19 heavy (non-hydrogen) atoms. The number of rotatable bonds is 2. The molecule has 1 aromatic heterocycles. The number of nitrogens with zero attached hydrogens (tertiary/aromatic N) is 3. The van der Waals surface area contributed by atoms with Crippen molar-refractivity contribution in [3.63, 3.8) is 0 Å². The van der Waals surface area contributed by atoms with Crippen molar-refractivity contribution < 1.29 is 13.7 Å². The van der Waals surface area contributed by atoms with Gasteiger partial charge >= 0.3 is 0 Å². The predicted molar refractivity (Wildman–Crippen MR) is 65.1 cm³/mol. The molecule has 2 aromatic rings. The number of benzene rings is 1. The number of anilines is 1. The fourth-order valence-electron chi connectivity index (χ4n) is 2.30. The van der Waals surface area contributed by atoms with Gasteiger partial charge in [0.25, 0.3) is 0 Å². The van der Waals surface area contributed by atoms with E-state index in [4.69, 9.17) is 0 Å². The molecule has 2 heterocycles. The minimum atomic E-state index is -0.387. The van der Waals surface area contributed by atoms with Crippen LogP contribution < -0.4 is 4.90 Å².